The first-order valence-corrected chi connectivity index (χ1v) is 5.72. The van der Waals surface area contributed by atoms with E-state index in [1.54, 1.807) is 0 Å². The summed E-state index contributed by atoms with van der Waals surface area (Å²) in [7, 11) is 0. The van der Waals surface area contributed by atoms with Gasteiger partial charge in [0, 0.05) is 4.88 Å². The Hall–Kier alpha value is -1.69. The minimum atomic E-state index is -0.860. The van der Waals surface area contributed by atoms with E-state index in [9.17, 15) is 9.59 Å². The number of H-pyrrole nitrogens is 1. The second-order valence-corrected chi connectivity index (χ2v) is 4.86. The molecule has 82 valence electrons. The highest BCUT2D eigenvalue weighted by Gasteiger charge is 2.33. The molecule has 1 aliphatic rings. The molecule has 5 nitrogen and oxygen atoms in total. The van der Waals surface area contributed by atoms with Crippen LogP contribution >= 0.6 is 11.3 Å². The second kappa shape index (κ2) is 3.15. The SMILES string of the molecule is O=C(O)C1CCc2sc3nc[nH]c(=O)c3c21. The number of aryl methyl sites for hydroxylation is 1. The van der Waals surface area contributed by atoms with Gasteiger partial charge in [-0.25, -0.2) is 4.98 Å². The lowest BCUT2D eigenvalue weighted by Crippen LogP contribution is -2.12. The Kier molecular flexibility index (Phi) is 1.88. The molecule has 2 aromatic heterocycles. The first-order valence-electron chi connectivity index (χ1n) is 4.90. The molecule has 1 unspecified atom stereocenters. The summed E-state index contributed by atoms with van der Waals surface area (Å²) in [5.74, 6) is -1.41. The van der Waals surface area contributed by atoms with E-state index in [1.165, 1.54) is 17.7 Å². The number of carboxylic acid groups (broad SMARTS) is 1. The fourth-order valence-electron chi connectivity index (χ4n) is 2.23. The molecule has 0 fully saturated rings. The molecule has 3 rings (SSSR count). The molecule has 0 amide bonds. The van der Waals surface area contributed by atoms with Gasteiger partial charge in [0.2, 0.25) is 0 Å². The molecule has 1 atom stereocenters. The van der Waals surface area contributed by atoms with Crippen LogP contribution in [0.1, 0.15) is 22.8 Å². The van der Waals surface area contributed by atoms with E-state index in [-0.39, 0.29) is 5.56 Å². The van der Waals surface area contributed by atoms with Crippen molar-refractivity contribution in [2.45, 2.75) is 18.8 Å². The molecule has 0 radical (unpaired) electrons. The molecule has 0 saturated carbocycles. The van der Waals surface area contributed by atoms with Gasteiger partial charge in [0.15, 0.2) is 0 Å². The highest BCUT2D eigenvalue weighted by molar-refractivity contribution is 7.18. The summed E-state index contributed by atoms with van der Waals surface area (Å²) in [6.45, 7) is 0. The van der Waals surface area contributed by atoms with Gasteiger partial charge in [0.1, 0.15) is 4.83 Å². The zero-order valence-electron chi connectivity index (χ0n) is 8.19. The smallest absolute Gasteiger partial charge is 0.311 e. The maximum Gasteiger partial charge on any atom is 0.311 e. The monoisotopic (exact) mass is 236 g/mol. The molecule has 0 bridgehead atoms. The lowest BCUT2D eigenvalue weighted by molar-refractivity contribution is -0.138. The van der Waals surface area contributed by atoms with Gasteiger partial charge in [-0.05, 0) is 18.4 Å². The quantitative estimate of drug-likeness (QED) is 0.776. The predicted molar refractivity (Wildman–Crippen MR) is 58.9 cm³/mol. The largest absolute Gasteiger partial charge is 0.481 e. The van der Waals surface area contributed by atoms with Crippen LogP contribution in [0.5, 0.6) is 0 Å². The van der Waals surface area contributed by atoms with E-state index < -0.39 is 11.9 Å². The summed E-state index contributed by atoms with van der Waals surface area (Å²) >= 11 is 1.43. The van der Waals surface area contributed by atoms with E-state index in [4.69, 9.17) is 5.11 Å². The van der Waals surface area contributed by atoms with Crippen molar-refractivity contribution in [3.63, 3.8) is 0 Å². The number of hydrogen-bond donors (Lipinski definition) is 2. The minimum Gasteiger partial charge on any atom is -0.481 e. The highest BCUT2D eigenvalue weighted by Crippen LogP contribution is 2.41. The van der Waals surface area contributed by atoms with Gasteiger partial charge in [-0.15, -0.1) is 11.3 Å². The zero-order chi connectivity index (χ0) is 11.3. The van der Waals surface area contributed by atoms with Gasteiger partial charge in [-0.3, -0.25) is 9.59 Å². The maximum absolute atomic E-state index is 11.7. The van der Waals surface area contributed by atoms with Crippen molar-refractivity contribution < 1.29 is 9.90 Å². The van der Waals surface area contributed by atoms with Crippen molar-refractivity contribution in [3.05, 3.63) is 27.1 Å². The fraction of sp³-hybridized carbons (Fsp3) is 0.300. The number of hydrogen-bond acceptors (Lipinski definition) is 4. The van der Waals surface area contributed by atoms with Crippen LogP contribution in [0.3, 0.4) is 0 Å². The molecule has 16 heavy (non-hydrogen) atoms. The Bertz CT molecular complexity index is 643. The number of nitrogens with one attached hydrogen (secondary N) is 1. The molecule has 2 aromatic rings. The Morgan fingerprint density at radius 1 is 1.62 bits per heavy atom. The first-order chi connectivity index (χ1) is 7.68. The molecule has 2 N–H and O–H groups in total. The van der Waals surface area contributed by atoms with Crippen LogP contribution in [0.4, 0.5) is 0 Å². The van der Waals surface area contributed by atoms with E-state index in [0.717, 1.165) is 11.3 Å². The molecule has 2 heterocycles. The average Bonchev–Trinajstić information content (AvgIpc) is 2.74. The Morgan fingerprint density at radius 2 is 2.44 bits per heavy atom. The number of thiophene rings is 1. The number of carbonyl (C=O) groups is 1. The van der Waals surface area contributed by atoms with Gasteiger partial charge in [0.25, 0.3) is 5.56 Å². The number of rotatable bonds is 1. The number of aromatic amines is 1. The topological polar surface area (TPSA) is 83.0 Å². The standard InChI is InChI=1S/C10H8N2O3S/c13-8-7-6-4(10(14)15)1-2-5(6)16-9(7)12-3-11-8/h3-4H,1-2H2,(H,14,15)(H,11,12,13). The van der Waals surface area contributed by atoms with Crippen molar-refractivity contribution in [2.75, 3.05) is 0 Å². The number of aromatic nitrogens is 2. The van der Waals surface area contributed by atoms with Gasteiger partial charge in [-0.2, -0.15) is 0 Å². The lowest BCUT2D eigenvalue weighted by Gasteiger charge is -2.03. The Morgan fingerprint density at radius 3 is 3.19 bits per heavy atom. The van der Waals surface area contributed by atoms with E-state index in [0.29, 0.717) is 22.2 Å². The highest BCUT2D eigenvalue weighted by atomic mass is 32.1. The molecule has 0 aromatic carbocycles. The van der Waals surface area contributed by atoms with Crippen molar-refractivity contribution in [1.29, 1.82) is 0 Å². The number of fused-ring (bicyclic) bond motifs is 3. The molecule has 1 aliphatic carbocycles. The van der Waals surface area contributed by atoms with Crippen LogP contribution in [0, 0.1) is 0 Å². The molecule has 0 saturated heterocycles. The maximum atomic E-state index is 11.7. The fourth-order valence-corrected chi connectivity index (χ4v) is 3.45. The predicted octanol–water partition coefficient (Wildman–Crippen LogP) is 1.10. The molecular formula is C10H8N2O3S. The third-order valence-electron chi connectivity index (χ3n) is 2.91. The molecule has 0 aliphatic heterocycles. The van der Waals surface area contributed by atoms with Crippen molar-refractivity contribution in [2.24, 2.45) is 0 Å². The molecular weight excluding hydrogens is 228 g/mol. The first kappa shape index (κ1) is 9.53. The van der Waals surface area contributed by atoms with Gasteiger partial charge in [-0.1, -0.05) is 0 Å². The van der Waals surface area contributed by atoms with Crippen LogP contribution in [0.25, 0.3) is 10.2 Å². The average molecular weight is 236 g/mol. The summed E-state index contributed by atoms with van der Waals surface area (Å²) in [6, 6.07) is 0. The summed E-state index contributed by atoms with van der Waals surface area (Å²) < 4.78 is 0. The summed E-state index contributed by atoms with van der Waals surface area (Å²) in [6.07, 6.45) is 2.67. The number of carboxylic acids is 1. The minimum absolute atomic E-state index is 0.240. The third kappa shape index (κ3) is 1.13. The van der Waals surface area contributed by atoms with Crippen LogP contribution in [0.15, 0.2) is 11.1 Å². The van der Waals surface area contributed by atoms with Crippen LogP contribution in [0.2, 0.25) is 0 Å². The van der Waals surface area contributed by atoms with Crippen LogP contribution in [-0.4, -0.2) is 21.0 Å². The zero-order valence-corrected chi connectivity index (χ0v) is 9.00. The van der Waals surface area contributed by atoms with Gasteiger partial charge >= 0.3 is 5.97 Å². The van der Waals surface area contributed by atoms with Crippen molar-refractivity contribution >= 4 is 27.5 Å². The van der Waals surface area contributed by atoms with Gasteiger partial charge in [0.05, 0.1) is 17.6 Å². The number of aliphatic carboxylic acids is 1. The third-order valence-corrected chi connectivity index (χ3v) is 4.09. The second-order valence-electron chi connectivity index (χ2n) is 3.78. The van der Waals surface area contributed by atoms with E-state index in [2.05, 4.69) is 9.97 Å². The van der Waals surface area contributed by atoms with Crippen LogP contribution in [-0.2, 0) is 11.2 Å². The lowest BCUT2D eigenvalue weighted by atomic mass is 10.0. The van der Waals surface area contributed by atoms with Crippen LogP contribution < -0.4 is 5.56 Å². The van der Waals surface area contributed by atoms with Crippen molar-refractivity contribution in [1.82, 2.24) is 9.97 Å². The van der Waals surface area contributed by atoms with Crippen molar-refractivity contribution in [3.8, 4) is 0 Å². The normalized spacial score (nSPS) is 18.9. The summed E-state index contributed by atoms with van der Waals surface area (Å²) in [4.78, 5) is 31.0. The molecule has 6 heteroatoms. The number of nitrogens with zero attached hydrogens (tertiary/aromatic N) is 1. The molecule has 0 spiro atoms. The van der Waals surface area contributed by atoms with Gasteiger partial charge < -0.3 is 10.1 Å². The summed E-state index contributed by atoms with van der Waals surface area (Å²) in [5, 5.41) is 9.57. The van der Waals surface area contributed by atoms with E-state index in [1.807, 2.05) is 0 Å². The summed E-state index contributed by atoms with van der Waals surface area (Å²) in [5.41, 5.74) is 0.442. The Balaban J connectivity index is 2.38. The Labute approximate surface area is 93.8 Å². The van der Waals surface area contributed by atoms with E-state index >= 15 is 0 Å².